The quantitative estimate of drug-likeness (QED) is 0.603. The van der Waals surface area contributed by atoms with Crippen molar-refractivity contribution in [3.8, 4) is 0 Å². The molecule has 1 aromatic carbocycles. The second-order valence-corrected chi connectivity index (χ2v) is 4.33. The maximum absolute atomic E-state index is 4.16. The Hall–Kier alpha value is -1.63. The molecule has 1 aromatic rings. The van der Waals surface area contributed by atoms with E-state index in [2.05, 4.69) is 47.5 Å². The van der Waals surface area contributed by atoms with Crippen molar-refractivity contribution in [3.63, 3.8) is 0 Å². The molecule has 1 aliphatic heterocycles. The molecule has 0 N–H and O–H groups in total. The van der Waals surface area contributed by atoms with Gasteiger partial charge in [0.05, 0.1) is 0 Å². The van der Waals surface area contributed by atoms with Crippen LogP contribution >= 0.6 is 0 Å². The zero-order valence-electron chi connectivity index (χ0n) is 8.56. The van der Waals surface area contributed by atoms with Gasteiger partial charge in [-0.15, -0.1) is 0 Å². The number of hydrogen-bond acceptors (Lipinski definition) is 1. The molecule has 1 aliphatic carbocycles. The van der Waals surface area contributed by atoms with Gasteiger partial charge in [-0.2, -0.15) is 0 Å². The number of fused-ring (bicyclic) bond motifs is 1. The smallest absolute Gasteiger partial charge is 0.0264 e. The summed E-state index contributed by atoms with van der Waals surface area (Å²) in [6, 6.07) is 8.71. The SMILES string of the molecule is C1=CC2(C=CN=C1)Cc1ccccc1C2. The lowest BCUT2D eigenvalue weighted by Crippen LogP contribution is -2.14. The van der Waals surface area contributed by atoms with Gasteiger partial charge < -0.3 is 0 Å². The summed E-state index contributed by atoms with van der Waals surface area (Å²) in [5, 5.41) is 0. The van der Waals surface area contributed by atoms with Gasteiger partial charge in [-0.05, 0) is 30.0 Å². The van der Waals surface area contributed by atoms with Crippen LogP contribution in [-0.4, -0.2) is 6.21 Å². The Morgan fingerprint density at radius 1 is 1.00 bits per heavy atom. The molecule has 0 aromatic heterocycles. The van der Waals surface area contributed by atoms with Gasteiger partial charge in [0.25, 0.3) is 0 Å². The molecular formula is C14H13N. The van der Waals surface area contributed by atoms with Crippen molar-refractivity contribution >= 4 is 6.21 Å². The predicted molar refractivity (Wildman–Crippen MR) is 63.1 cm³/mol. The van der Waals surface area contributed by atoms with E-state index < -0.39 is 0 Å². The highest BCUT2D eigenvalue weighted by molar-refractivity contribution is 5.72. The molecule has 0 amide bonds. The van der Waals surface area contributed by atoms with Crippen molar-refractivity contribution in [3.05, 3.63) is 59.8 Å². The minimum absolute atomic E-state index is 0.181. The molecule has 0 radical (unpaired) electrons. The van der Waals surface area contributed by atoms with E-state index in [0.29, 0.717) is 0 Å². The fourth-order valence-electron chi connectivity index (χ4n) is 2.49. The Kier molecular flexibility index (Phi) is 1.84. The van der Waals surface area contributed by atoms with Crippen molar-refractivity contribution in [2.75, 3.05) is 0 Å². The van der Waals surface area contributed by atoms with E-state index in [1.165, 1.54) is 11.1 Å². The first-order chi connectivity index (χ1) is 7.38. The van der Waals surface area contributed by atoms with E-state index >= 15 is 0 Å². The molecular weight excluding hydrogens is 182 g/mol. The van der Waals surface area contributed by atoms with Crippen molar-refractivity contribution in [2.24, 2.45) is 10.4 Å². The van der Waals surface area contributed by atoms with Gasteiger partial charge in [0.15, 0.2) is 0 Å². The lowest BCUT2D eigenvalue weighted by molar-refractivity contribution is 0.528. The molecule has 0 saturated carbocycles. The van der Waals surface area contributed by atoms with E-state index in [-0.39, 0.29) is 5.41 Å². The van der Waals surface area contributed by atoms with Crippen LogP contribution in [0, 0.1) is 5.41 Å². The lowest BCUT2D eigenvalue weighted by Gasteiger charge is -2.18. The second kappa shape index (κ2) is 3.20. The number of aliphatic imine (C=N–C) groups is 1. The van der Waals surface area contributed by atoms with E-state index in [0.717, 1.165) is 12.8 Å². The van der Waals surface area contributed by atoms with Gasteiger partial charge in [-0.3, -0.25) is 4.99 Å². The first-order valence-corrected chi connectivity index (χ1v) is 5.34. The van der Waals surface area contributed by atoms with E-state index in [9.17, 15) is 0 Å². The second-order valence-electron chi connectivity index (χ2n) is 4.33. The summed E-state index contributed by atoms with van der Waals surface area (Å²) < 4.78 is 0. The molecule has 0 fully saturated rings. The summed E-state index contributed by atoms with van der Waals surface area (Å²) in [5.41, 5.74) is 3.14. The minimum atomic E-state index is 0.181. The van der Waals surface area contributed by atoms with Crippen LogP contribution < -0.4 is 0 Å². The van der Waals surface area contributed by atoms with Gasteiger partial charge in [0, 0.05) is 17.8 Å². The monoisotopic (exact) mass is 195 g/mol. The molecule has 1 nitrogen and oxygen atoms in total. The van der Waals surface area contributed by atoms with Crippen LogP contribution in [0.25, 0.3) is 0 Å². The van der Waals surface area contributed by atoms with E-state index in [1.807, 2.05) is 12.4 Å². The molecule has 74 valence electrons. The van der Waals surface area contributed by atoms with E-state index in [4.69, 9.17) is 0 Å². The highest BCUT2D eigenvalue weighted by Crippen LogP contribution is 2.39. The van der Waals surface area contributed by atoms with Crippen LogP contribution in [0.5, 0.6) is 0 Å². The maximum Gasteiger partial charge on any atom is 0.0264 e. The molecule has 3 rings (SSSR count). The summed E-state index contributed by atoms with van der Waals surface area (Å²) in [6.07, 6.45) is 12.6. The third-order valence-electron chi connectivity index (χ3n) is 3.25. The number of rotatable bonds is 0. The number of hydrogen-bond donors (Lipinski definition) is 0. The standard InChI is InChI=1S/C14H13N/c1-2-5-13-11-14(10-12(13)4-1)6-3-8-15-9-7-14/h1-9H,10-11H2. The fraction of sp³-hybridized carbons (Fsp3) is 0.214. The zero-order valence-corrected chi connectivity index (χ0v) is 8.56. The highest BCUT2D eigenvalue weighted by Gasteiger charge is 2.32. The minimum Gasteiger partial charge on any atom is -0.265 e. The molecule has 0 unspecified atom stereocenters. The first kappa shape index (κ1) is 8.66. The Morgan fingerprint density at radius 2 is 1.73 bits per heavy atom. The van der Waals surface area contributed by atoms with Gasteiger partial charge in [-0.25, -0.2) is 0 Å². The summed E-state index contributed by atoms with van der Waals surface area (Å²) in [6.45, 7) is 0. The Morgan fingerprint density at radius 3 is 2.47 bits per heavy atom. The summed E-state index contributed by atoms with van der Waals surface area (Å²) in [7, 11) is 0. The number of nitrogens with zero attached hydrogens (tertiary/aromatic N) is 1. The topological polar surface area (TPSA) is 12.4 Å². The average Bonchev–Trinajstić information content (AvgIpc) is 2.45. The third kappa shape index (κ3) is 1.44. The van der Waals surface area contributed by atoms with Crippen LogP contribution in [0.3, 0.4) is 0 Å². The van der Waals surface area contributed by atoms with Gasteiger partial charge >= 0.3 is 0 Å². The summed E-state index contributed by atoms with van der Waals surface area (Å²) in [5.74, 6) is 0. The van der Waals surface area contributed by atoms with Crippen molar-refractivity contribution in [1.29, 1.82) is 0 Å². The molecule has 1 heterocycles. The van der Waals surface area contributed by atoms with Crippen molar-refractivity contribution < 1.29 is 0 Å². The highest BCUT2D eigenvalue weighted by atomic mass is 14.7. The molecule has 15 heavy (non-hydrogen) atoms. The normalized spacial score (nSPS) is 20.5. The molecule has 0 saturated heterocycles. The molecule has 1 heteroatoms. The van der Waals surface area contributed by atoms with Crippen LogP contribution in [0.15, 0.2) is 53.7 Å². The van der Waals surface area contributed by atoms with Crippen LogP contribution in [0.2, 0.25) is 0 Å². The van der Waals surface area contributed by atoms with E-state index in [1.54, 1.807) is 0 Å². The van der Waals surface area contributed by atoms with Gasteiger partial charge in [0.2, 0.25) is 0 Å². The summed E-state index contributed by atoms with van der Waals surface area (Å²) in [4.78, 5) is 4.16. The van der Waals surface area contributed by atoms with Gasteiger partial charge in [0.1, 0.15) is 0 Å². The van der Waals surface area contributed by atoms with Crippen molar-refractivity contribution in [2.45, 2.75) is 12.8 Å². The average molecular weight is 195 g/mol. The molecule has 0 bridgehead atoms. The van der Waals surface area contributed by atoms with Crippen LogP contribution in [-0.2, 0) is 12.8 Å². The molecule has 2 aliphatic rings. The third-order valence-corrected chi connectivity index (χ3v) is 3.25. The predicted octanol–water partition coefficient (Wildman–Crippen LogP) is 2.93. The fourth-order valence-corrected chi connectivity index (χ4v) is 2.49. The van der Waals surface area contributed by atoms with Crippen molar-refractivity contribution in [1.82, 2.24) is 0 Å². The molecule has 1 spiro atoms. The number of benzene rings is 1. The van der Waals surface area contributed by atoms with Crippen LogP contribution in [0.1, 0.15) is 11.1 Å². The Balaban J connectivity index is 2.01. The lowest BCUT2D eigenvalue weighted by atomic mass is 9.84. The maximum atomic E-state index is 4.16. The number of allylic oxidation sites excluding steroid dienone is 3. The Labute approximate surface area is 89.9 Å². The molecule has 0 atom stereocenters. The zero-order chi connectivity index (χ0) is 10.1. The Bertz CT molecular complexity index is 423. The first-order valence-electron chi connectivity index (χ1n) is 5.34. The van der Waals surface area contributed by atoms with Gasteiger partial charge in [-0.1, -0.05) is 36.4 Å². The van der Waals surface area contributed by atoms with Crippen LogP contribution in [0.4, 0.5) is 0 Å². The largest absolute Gasteiger partial charge is 0.265 e. The summed E-state index contributed by atoms with van der Waals surface area (Å²) >= 11 is 0.